The lowest BCUT2D eigenvalue weighted by molar-refractivity contribution is 0.0904. The van der Waals surface area contributed by atoms with Crippen molar-refractivity contribution in [1.82, 2.24) is 9.97 Å². The van der Waals surface area contributed by atoms with Gasteiger partial charge in [0.15, 0.2) is 0 Å². The Bertz CT molecular complexity index is 396. The van der Waals surface area contributed by atoms with Crippen LogP contribution in [-0.4, -0.2) is 29.2 Å². The molecule has 0 saturated carbocycles. The number of hydrogen-bond acceptors (Lipinski definition) is 4. The van der Waals surface area contributed by atoms with Crippen LogP contribution in [-0.2, 0) is 11.2 Å². The summed E-state index contributed by atoms with van der Waals surface area (Å²) in [6.07, 6.45) is 2.67. The van der Waals surface area contributed by atoms with Gasteiger partial charge in [-0.15, -0.1) is 0 Å². The molecule has 2 N–H and O–H groups in total. The minimum absolute atomic E-state index is 0.0959. The van der Waals surface area contributed by atoms with Crippen LogP contribution >= 0.6 is 0 Å². The first-order chi connectivity index (χ1) is 7.78. The van der Waals surface area contributed by atoms with Crippen LogP contribution in [0.2, 0.25) is 0 Å². The smallest absolute Gasteiger partial charge is 0.252 e. The second kappa shape index (κ2) is 5.12. The standard InChI is InChI=1S/C11H17N3O2/c1-2-9-13-10(7-11(15)14-9)12-8-3-5-16-6-4-8/h7-8H,2-6H2,1H3,(H2,12,13,14,15). The first kappa shape index (κ1) is 11.1. The number of aryl methyl sites for hydroxylation is 1. The van der Waals surface area contributed by atoms with Gasteiger partial charge < -0.3 is 15.0 Å². The van der Waals surface area contributed by atoms with Crippen LogP contribution in [0.25, 0.3) is 0 Å². The molecule has 0 spiro atoms. The van der Waals surface area contributed by atoms with Crippen molar-refractivity contribution in [2.24, 2.45) is 0 Å². The van der Waals surface area contributed by atoms with E-state index in [9.17, 15) is 4.79 Å². The van der Waals surface area contributed by atoms with Crippen molar-refractivity contribution in [2.75, 3.05) is 18.5 Å². The van der Waals surface area contributed by atoms with Crippen LogP contribution in [0.3, 0.4) is 0 Å². The van der Waals surface area contributed by atoms with Gasteiger partial charge >= 0.3 is 0 Å². The number of H-pyrrole nitrogens is 1. The molecule has 0 unspecified atom stereocenters. The molecule has 16 heavy (non-hydrogen) atoms. The van der Waals surface area contributed by atoms with Crippen LogP contribution in [0.4, 0.5) is 5.82 Å². The number of rotatable bonds is 3. The van der Waals surface area contributed by atoms with E-state index in [4.69, 9.17) is 4.74 Å². The summed E-state index contributed by atoms with van der Waals surface area (Å²) in [6.45, 7) is 3.53. The molecular formula is C11H17N3O2. The summed E-state index contributed by atoms with van der Waals surface area (Å²) < 4.78 is 5.28. The Morgan fingerprint density at radius 2 is 2.31 bits per heavy atom. The van der Waals surface area contributed by atoms with Crippen LogP contribution in [0.15, 0.2) is 10.9 Å². The third kappa shape index (κ3) is 2.82. The maximum Gasteiger partial charge on any atom is 0.252 e. The average molecular weight is 223 g/mol. The topological polar surface area (TPSA) is 67.0 Å². The number of anilines is 1. The molecule has 1 saturated heterocycles. The van der Waals surface area contributed by atoms with E-state index in [1.807, 2.05) is 6.92 Å². The van der Waals surface area contributed by atoms with E-state index in [0.717, 1.165) is 38.3 Å². The van der Waals surface area contributed by atoms with Crippen molar-refractivity contribution in [3.05, 3.63) is 22.2 Å². The molecule has 1 aromatic heterocycles. The largest absolute Gasteiger partial charge is 0.381 e. The van der Waals surface area contributed by atoms with Gasteiger partial charge in [0.2, 0.25) is 0 Å². The Morgan fingerprint density at radius 3 is 3.00 bits per heavy atom. The fourth-order valence-corrected chi connectivity index (χ4v) is 1.80. The Labute approximate surface area is 94.2 Å². The third-order valence-electron chi connectivity index (χ3n) is 2.70. The molecule has 5 heteroatoms. The summed E-state index contributed by atoms with van der Waals surface area (Å²) in [5.41, 5.74) is -0.0959. The first-order valence-corrected chi connectivity index (χ1v) is 5.72. The summed E-state index contributed by atoms with van der Waals surface area (Å²) >= 11 is 0. The van der Waals surface area contributed by atoms with Gasteiger partial charge in [0.05, 0.1) is 0 Å². The molecule has 0 radical (unpaired) electrons. The highest BCUT2D eigenvalue weighted by Gasteiger charge is 2.14. The lowest BCUT2D eigenvalue weighted by atomic mass is 10.1. The van der Waals surface area contributed by atoms with Crippen LogP contribution in [0.1, 0.15) is 25.6 Å². The van der Waals surface area contributed by atoms with E-state index >= 15 is 0 Å². The minimum atomic E-state index is -0.0959. The molecule has 0 aromatic carbocycles. The van der Waals surface area contributed by atoms with Gasteiger partial charge in [-0.2, -0.15) is 0 Å². The third-order valence-corrected chi connectivity index (χ3v) is 2.70. The number of aromatic nitrogens is 2. The van der Waals surface area contributed by atoms with Crippen molar-refractivity contribution in [3.8, 4) is 0 Å². The highest BCUT2D eigenvalue weighted by atomic mass is 16.5. The molecule has 1 aliphatic rings. The molecule has 1 fully saturated rings. The van der Waals surface area contributed by atoms with Crippen LogP contribution in [0, 0.1) is 0 Å². The number of nitrogens with one attached hydrogen (secondary N) is 2. The van der Waals surface area contributed by atoms with Crippen LogP contribution in [0.5, 0.6) is 0 Å². The molecule has 88 valence electrons. The van der Waals surface area contributed by atoms with Gasteiger partial charge in [-0.25, -0.2) is 4.98 Å². The predicted molar refractivity (Wildman–Crippen MR) is 61.7 cm³/mol. The molecule has 0 atom stereocenters. The van der Waals surface area contributed by atoms with E-state index in [1.54, 1.807) is 0 Å². The lowest BCUT2D eigenvalue weighted by Crippen LogP contribution is -2.29. The Kier molecular flexibility index (Phi) is 3.56. The highest BCUT2D eigenvalue weighted by Crippen LogP contribution is 2.11. The van der Waals surface area contributed by atoms with E-state index in [-0.39, 0.29) is 5.56 Å². The average Bonchev–Trinajstić information content (AvgIpc) is 2.29. The predicted octanol–water partition coefficient (Wildman–Crippen LogP) is 0.923. The molecule has 0 amide bonds. The molecule has 2 rings (SSSR count). The molecular weight excluding hydrogens is 206 g/mol. The maximum absolute atomic E-state index is 11.4. The minimum Gasteiger partial charge on any atom is -0.381 e. The van der Waals surface area contributed by atoms with E-state index in [0.29, 0.717) is 11.9 Å². The Morgan fingerprint density at radius 1 is 1.56 bits per heavy atom. The maximum atomic E-state index is 11.4. The Balaban J connectivity index is 2.07. The van der Waals surface area contributed by atoms with Gasteiger partial charge in [-0.05, 0) is 12.8 Å². The summed E-state index contributed by atoms with van der Waals surface area (Å²) in [5, 5.41) is 3.29. The zero-order chi connectivity index (χ0) is 11.4. The molecule has 1 aliphatic heterocycles. The van der Waals surface area contributed by atoms with Crippen molar-refractivity contribution >= 4 is 5.82 Å². The summed E-state index contributed by atoms with van der Waals surface area (Å²) in [5.74, 6) is 1.40. The quantitative estimate of drug-likeness (QED) is 0.799. The van der Waals surface area contributed by atoms with Crippen molar-refractivity contribution < 1.29 is 4.74 Å². The van der Waals surface area contributed by atoms with Crippen molar-refractivity contribution in [1.29, 1.82) is 0 Å². The summed E-state index contributed by atoms with van der Waals surface area (Å²) in [6, 6.07) is 1.88. The van der Waals surface area contributed by atoms with Crippen LogP contribution < -0.4 is 10.9 Å². The summed E-state index contributed by atoms with van der Waals surface area (Å²) in [7, 11) is 0. The van der Waals surface area contributed by atoms with E-state index in [1.165, 1.54) is 6.07 Å². The molecule has 1 aromatic rings. The number of ether oxygens (including phenoxy) is 1. The molecule has 0 aliphatic carbocycles. The van der Waals surface area contributed by atoms with Crippen molar-refractivity contribution in [2.45, 2.75) is 32.2 Å². The van der Waals surface area contributed by atoms with E-state index < -0.39 is 0 Å². The fourth-order valence-electron chi connectivity index (χ4n) is 1.80. The highest BCUT2D eigenvalue weighted by molar-refractivity contribution is 5.34. The van der Waals surface area contributed by atoms with E-state index in [2.05, 4.69) is 15.3 Å². The fraction of sp³-hybridized carbons (Fsp3) is 0.636. The number of aromatic amines is 1. The SMILES string of the molecule is CCc1nc(NC2CCOCC2)cc(=O)[nH]1. The normalized spacial score (nSPS) is 17.3. The second-order valence-corrected chi connectivity index (χ2v) is 3.96. The zero-order valence-corrected chi connectivity index (χ0v) is 9.45. The van der Waals surface area contributed by atoms with Gasteiger partial charge in [-0.1, -0.05) is 6.92 Å². The molecule has 5 nitrogen and oxygen atoms in total. The number of hydrogen-bond donors (Lipinski definition) is 2. The monoisotopic (exact) mass is 223 g/mol. The van der Waals surface area contributed by atoms with Crippen molar-refractivity contribution in [3.63, 3.8) is 0 Å². The number of nitrogens with zero attached hydrogens (tertiary/aromatic N) is 1. The molecule has 2 heterocycles. The zero-order valence-electron chi connectivity index (χ0n) is 9.45. The first-order valence-electron chi connectivity index (χ1n) is 5.72. The molecule has 0 bridgehead atoms. The second-order valence-electron chi connectivity index (χ2n) is 3.96. The van der Waals surface area contributed by atoms with Gasteiger partial charge in [0.25, 0.3) is 5.56 Å². The van der Waals surface area contributed by atoms with Gasteiger partial charge in [0.1, 0.15) is 11.6 Å². The van der Waals surface area contributed by atoms with Gasteiger partial charge in [0, 0.05) is 31.7 Å². The Hall–Kier alpha value is -1.36. The van der Waals surface area contributed by atoms with Gasteiger partial charge in [-0.3, -0.25) is 4.79 Å². The lowest BCUT2D eigenvalue weighted by Gasteiger charge is -2.23. The summed E-state index contributed by atoms with van der Waals surface area (Å²) in [4.78, 5) is 18.4.